The van der Waals surface area contributed by atoms with Crippen molar-refractivity contribution < 1.29 is 14.7 Å². The standard InChI is InChI=1S/C23H34N2O3/c1-2-3-4-5-6-7-8-9-22(26)25-16-14-24(15-17-25)19-21-12-10-20(11-13-21)18-23(27)28/h8-13H,2-7,14-19H2,1H3,(H,27,28). The van der Waals surface area contributed by atoms with Crippen LogP contribution >= 0.6 is 0 Å². The van der Waals surface area contributed by atoms with Crippen molar-refractivity contribution in [1.82, 2.24) is 9.80 Å². The normalized spacial score (nSPS) is 15.2. The molecular formula is C23H34N2O3. The molecule has 154 valence electrons. The first-order chi connectivity index (χ1) is 13.6. The third-order valence-corrected chi connectivity index (χ3v) is 5.20. The maximum Gasteiger partial charge on any atom is 0.307 e. The molecule has 1 fully saturated rings. The van der Waals surface area contributed by atoms with Crippen molar-refractivity contribution in [1.29, 1.82) is 0 Å². The zero-order chi connectivity index (χ0) is 20.2. The van der Waals surface area contributed by atoms with Crippen LogP contribution in [0.1, 0.15) is 56.6 Å². The van der Waals surface area contributed by atoms with Crippen LogP contribution in [0.3, 0.4) is 0 Å². The van der Waals surface area contributed by atoms with Crippen molar-refractivity contribution in [2.75, 3.05) is 26.2 Å². The van der Waals surface area contributed by atoms with Crippen LogP contribution in [-0.2, 0) is 22.6 Å². The molecule has 1 aliphatic heterocycles. The highest BCUT2D eigenvalue weighted by molar-refractivity contribution is 5.87. The summed E-state index contributed by atoms with van der Waals surface area (Å²) in [7, 11) is 0. The van der Waals surface area contributed by atoms with E-state index in [4.69, 9.17) is 5.11 Å². The number of nitrogens with zero attached hydrogens (tertiary/aromatic N) is 2. The molecule has 5 heteroatoms. The molecule has 0 atom stereocenters. The van der Waals surface area contributed by atoms with Gasteiger partial charge in [0.15, 0.2) is 0 Å². The van der Waals surface area contributed by atoms with Gasteiger partial charge in [0.2, 0.25) is 5.91 Å². The Kier molecular flexibility index (Phi) is 9.77. The molecule has 1 N–H and O–H groups in total. The Morgan fingerprint density at radius 3 is 2.25 bits per heavy atom. The fraction of sp³-hybridized carbons (Fsp3) is 0.565. The van der Waals surface area contributed by atoms with E-state index < -0.39 is 5.97 Å². The van der Waals surface area contributed by atoms with Crippen LogP contribution < -0.4 is 0 Å². The lowest BCUT2D eigenvalue weighted by molar-refractivity contribution is -0.136. The van der Waals surface area contributed by atoms with Gasteiger partial charge in [-0.2, -0.15) is 0 Å². The number of carbonyl (C=O) groups excluding carboxylic acids is 1. The number of hydrogen-bond donors (Lipinski definition) is 1. The molecule has 0 unspecified atom stereocenters. The summed E-state index contributed by atoms with van der Waals surface area (Å²) in [5, 5.41) is 8.83. The third-order valence-electron chi connectivity index (χ3n) is 5.20. The molecule has 1 saturated heterocycles. The zero-order valence-corrected chi connectivity index (χ0v) is 17.1. The topological polar surface area (TPSA) is 60.9 Å². The molecular weight excluding hydrogens is 352 g/mol. The van der Waals surface area contributed by atoms with Gasteiger partial charge in [-0.1, -0.05) is 62.9 Å². The van der Waals surface area contributed by atoms with Gasteiger partial charge in [-0.3, -0.25) is 14.5 Å². The van der Waals surface area contributed by atoms with Crippen LogP contribution in [0.5, 0.6) is 0 Å². The Labute approximate surface area is 169 Å². The van der Waals surface area contributed by atoms with E-state index in [0.29, 0.717) is 0 Å². The van der Waals surface area contributed by atoms with Gasteiger partial charge < -0.3 is 10.0 Å². The number of rotatable bonds is 11. The average Bonchev–Trinajstić information content (AvgIpc) is 2.69. The molecule has 5 nitrogen and oxygen atoms in total. The number of carboxylic acid groups (broad SMARTS) is 1. The van der Waals surface area contributed by atoms with Gasteiger partial charge in [-0.25, -0.2) is 0 Å². The molecule has 0 radical (unpaired) electrons. The Balaban J connectivity index is 1.66. The first-order valence-corrected chi connectivity index (χ1v) is 10.6. The number of carboxylic acids is 1. The Bertz CT molecular complexity index is 632. The monoisotopic (exact) mass is 386 g/mol. The number of carbonyl (C=O) groups is 2. The van der Waals surface area contributed by atoms with Gasteiger partial charge in [-0.05, 0) is 30.0 Å². The van der Waals surface area contributed by atoms with Crippen molar-refractivity contribution in [3.63, 3.8) is 0 Å². The summed E-state index contributed by atoms with van der Waals surface area (Å²) in [5.41, 5.74) is 2.00. The SMILES string of the molecule is CCCCCCCC=CC(=O)N1CCN(Cc2ccc(CC(=O)O)cc2)CC1. The molecule has 1 aliphatic rings. The van der Waals surface area contributed by atoms with Crippen molar-refractivity contribution in [2.45, 2.75) is 58.4 Å². The second-order valence-corrected chi connectivity index (χ2v) is 7.59. The van der Waals surface area contributed by atoms with Gasteiger partial charge in [0.1, 0.15) is 0 Å². The summed E-state index contributed by atoms with van der Waals surface area (Å²) in [6.07, 6.45) is 11.1. The summed E-state index contributed by atoms with van der Waals surface area (Å²) in [6.45, 7) is 6.31. The molecule has 1 aromatic carbocycles. The highest BCUT2D eigenvalue weighted by Gasteiger charge is 2.19. The summed E-state index contributed by atoms with van der Waals surface area (Å²) in [6, 6.07) is 7.77. The second-order valence-electron chi connectivity index (χ2n) is 7.59. The number of aliphatic carboxylic acids is 1. The van der Waals surface area contributed by atoms with Crippen molar-refractivity contribution in [3.05, 3.63) is 47.5 Å². The summed E-state index contributed by atoms with van der Waals surface area (Å²) in [5.74, 6) is -0.676. The minimum atomic E-state index is -0.806. The maximum absolute atomic E-state index is 12.3. The quantitative estimate of drug-likeness (QED) is 0.463. The number of benzene rings is 1. The summed E-state index contributed by atoms with van der Waals surface area (Å²) >= 11 is 0. The Hall–Kier alpha value is -2.14. The highest BCUT2D eigenvalue weighted by atomic mass is 16.4. The van der Waals surface area contributed by atoms with E-state index in [1.54, 1.807) is 6.08 Å². The Morgan fingerprint density at radius 1 is 0.964 bits per heavy atom. The van der Waals surface area contributed by atoms with Crippen LogP contribution in [0.4, 0.5) is 0 Å². The molecule has 0 aromatic heterocycles. The van der Waals surface area contributed by atoms with Crippen molar-refractivity contribution in [3.8, 4) is 0 Å². The minimum absolute atomic E-state index is 0.0628. The Morgan fingerprint density at radius 2 is 1.61 bits per heavy atom. The van der Waals surface area contributed by atoms with Gasteiger partial charge >= 0.3 is 5.97 Å². The number of piperazine rings is 1. The molecule has 1 heterocycles. The summed E-state index contributed by atoms with van der Waals surface area (Å²) < 4.78 is 0. The van der Waals surface area contributed by atoms with Gasteiger partial charge in [0.25, 0.3) is 0 Å². The first-order valence-electron chi connectivity index (χ1n) is 10.6. The fourth-order valence-electron chi connectivity index (χ4n) is 3.48. The molecule has 0 saturated carbocycles. The van der Waals surface area contributed by atoms with Gasteiger partial charge in [0.05, 0.1) is 6.42 Å². The van der Waals surface area contributed by atoms with E-state index in [-0.39, 0.29) is 12.3 Å². The fourth-order valence-corrected chi connectivity index (χ4v) is 3.48. The zero-order valence-electron chi connectivity index (χ0n) is 17.1. The lowest BCUT2D eigenvalue weighted by Gasteiger charge is -2.34. The predicted molar refractivity (Wildman–Crippen MR) is 112 cm³/mol. The minimum Gasteiger partial charge on any atom is -0.481 e. The van der Waals surface area contributed by atoms with Gasteiger partial charge in [0, 0.05) is 32.7 Å². The number of hydrogen-bond acceptors (Lipinski definition) is 3. The molecule has 28 heavy (non-hydrogen) atoms. The van der Waals surface area contributed by atoms with E-state index in [1.807, 2.05) is 35.2 Å². The lowest BCUT2D eigenvalue weighted by atomic mass is 10.1. The molecule has 0 aliphatic carbocycles. The smallest absolute Gasteiger partial charge is 0.307 e. The lowest BCUT2D eigenvalue weighted by Crippen LogP contribution is -2.47. The van der Waals surface area contributed by atoms with Crippen molar-refractivity contribution >= 4 is 11.9 Å². The van der Waals surface area contributed by atoms with Crippen LogP contribution in [0, 0.1) is 0 Å². The largest absolute Gasteiger partial charge is 0.481 e. The van der Waals surface area contributed by atoms with E-state index >= 15 is 0 Å². The van der Waals surface area contributed by atoms with Gasteiger partial charge in [-0.15, -0.1) is 0 Å². The molecule has 0 spiro atoms. The van der Waals surface area contributed by atoms with E-state index in [2.05, 4.69) is 11.8 Å². The summed E-state index contributed by atoms with van der Waals surface area (Å²) in [4.78, 5) is 27.3. The predicted octanol–water partition coefficient (Wildman–Crippen LogP) is 3.87. The van der Waals surface area contributed by atoms with Crippen LogP contribution in [-0.4, -0.2) is 53.0 Å². The average molecular weight is 387 g/mol. The molecule has 2 rings (SSSR count). The van der Waals surface area contributed by atoms with Crippen LogP contribution in [0.2, 0.25) is 0 Å². The van der Waals surface area contributed by atoms with E-state index in [0.717, 1.165) is 44.7 Å². The van der Waals surface area contributed by atoms with Crippen LogP contribution in [0.15, 0.2) is 36.4 Å². The van der Waals surface area contributed by atoms with Crippen molar-refractivity contribution in [2.24, 2.45) is 0 Å². The molecule has 1 aromatic rings. The molecule has 0 bridgehead atoms. The molecule has 1 amide bonds. The second kappa shape index (κ2) is 12.3. The van der Waals surface area contributed by atoms with E-state index in [1.165, 1.54) is 37.7 Å². The number of unbranched alkanes of at least 4 members (excludes halogenated alkanes) is 5. The van der Waals surface area contributed by atoms with E-state index in [9.17, 15) is 9.59 Å². The number of allylic oxidation sites excluding steroid dienone is 1. The third kappa shape index (κ3) is 8.26. The van der Waals surface area contributed by atoms with Crippen LogP contribution in [0.25, 0.3) is 0 Å². The maximum atomic E-state index is 12.3. The highest BCUT2D eigenvalue weighted by Crippen LogP contribution is 2.11. The first kappa shape index (κ1) is 22.2. The number of amides is 1.